The topological polar surface area (TPSA) is 43.4 Å². The molecule has 0 saturated heterocycles. The molecule has 3 nitrogen and oxygen atoms in total. The first-order chi connectivity index (χ1) is 14.8. The molecular weight excluding hydrogens is 372 g/mol. The summed E-state index contributed by atoms with van der Waals surface area (Å²) in [5.41, 5.74) is 7.73. The van der Waals surface area contributed by atoms with Gasteiger partial charge in [0.1, 0.15) is 11.2 Å². The maximum Gasteiger partial charge on any atom is 0.339 e. The maximum atomic E-state index is 12.4. The van der Waals surface area contributed by atoms with E-state index in [4.69, 9.17) is 8.83 Å². The molecule has 0 N–H and O–H groups in total. The molecule has 0 saturated carbocycles. The van der Waals surface area contributed by atoms with Crippen molar-refractivity contribution in [2.75, 3.05) is 0 Å². The number of rotatable bonds is 2. The van der Waals surface area contributed by atoms with Gasteiger partial charge >= 0.3 is 5.63 Å². The number of furan rings is 1. The summed E-state index contributed by atoms with van der Waals surface area (Å²) in [4.78, 5) is 12.4. The Labute approximate surface area is 173 Å². The van der Waals surface area contributed by atoms with Gasteiger partial charge in [-0.3, -0.25) is 0 Å². The Morgan fingerprint density at radius 2 is 1.37 bits per heavy atom. The third kappa shape index (κ3) is 2.70. The zero-order valence-electron chi connectivity index (χ0n) is 16.5. The van der Waals surface area contributed by atoms with Gasteiger partial charge in [0.15, 0.2) is 0 Å². The summed E-state index contributed by atoms with van der Waals surface area (Å²) in [6.45, 7) is 0. The first kappa shape index (κ1) is 17.3. The molecule has 5 aromatic rings. The highest BCUT2D eigenvalue weighted by Gasteiger charge is 2.20. The summed E-state index contributed by atoms with van der Waals surface area (Å²) in [5.74, 6) is 0. The van der Waals surface area contributed by atoms with Crippen LogP contribution in [0.2, 0.25) is 0 Å². The fourth-order valence-electron chi connectivity index (χ4n) is 4.66. The Morgan fingerprint density at radius 3 is 2.17 bits per heavy atom. The van der Waals surface area contributed by atoms with Crippen molar-refractivity contribution in [2.24, 2.45) is 0 Å². The molecule has 30 heavy (non-hydrogen) atoms. The Morgan fingerprint density at radius 1 is 0.667 bits per heavy atom. The highest BCUT2D eigenvalue weighted by molar-refractivity contribution is 6.02. The molecule has 2 heterocycles. The van der Waals surface area contributed by atoms with Crippen LogP contribution in [0.3, 0.4) is 0 Å². The monoisotopic (exact) mass is 392 g/mol. The van der Waals surface area contributed by atoms with Crippen LogP contribution in [0.25, 0.3) is 44.2 Å². The summed E-state index contributed by atoms with van der Waals surface area (Å²) in [5, 5.41) is 2.09. The minimum Gasteiger partial charge on any atom is -0.464 e. The SMILES string of the molecule is O=c1oc2cc3occ(-c4ccc(-c5ccccc5)cc4)c3cc2c2c1CCCC2. The molecule has 1 aliphatic carbocycles. The highest BCUT2D eigenvalue weighted by Crippen LogP contribution is 2.36. The molecule has 0 atom stereocenters. The van der Waals surface area contributed by atoms with E-state index >= 15 is 0 Å². The van der Waals surface area contributed by atoms with Crippen molar-refractivity contribution in [3.8, 4) is 22.3 Å². The van der Waals surface area contributed by atoms with Crippen LogP contribution < -0.4 is 5.63 Å². The van der Waals surface area contributed by atoms with Crippen LogP contribution in [-0.4, -0.2) is 0 Å². The lowest BCUT2D eigenvalue weighted by atomic mass is 9.90. The predicted octanol–water partition coefficient (Wildman–Crippen LogP) is 6.75. The van der Waals surface area contributed by atoms with Gasteiger partial charge in [-0.05, 0) is 54.0 Å². The van der Waals surface area contributed by atoms with Crippen molar-refractivity contribution in [1.29, 1.82) is 0 Å². The number of aryl methyl sites for hydroxylation is 1. The van der Waals surface area contributed by atoms with Crippen LogP contribution in [0.5, 0.6) is 0 Å². The quantitative estimate of drug-likeness (QED) is 0.312. The Kier molecular flexibility index (Phi) is 3.88. The summed E-state index contributed by atoms with van der Waals surface area (Å²) in [6.07, 6.45) is 5.71. The molecule has 0 unspecified atom stereocenters. The molecule has 0 radical (unpaired) electrons. The standard InChI is InChI=1S/C27H20O3/c28-27-21-9-5-4-8-20(21)22-14-23-24(16-29-25(23)15-26(22)30-27)19-12-10-18(11-13-19)17-6-2-1-3-7-17/h1-3,6-7,10-16H,4-5,8-9H2. The van der Waals surface area contributed by atoms with Crippen molar-refractivity contribution < 1.29 is 8.83 Å². The Hall–Kier alpha value is -3.59. The van der Waals surface area contributed by atoms with Crippen LogP contribution >= 0.6 is 0 Å². The van der Waals surface area contributed by atoms with E-state index in [2.05, 4.69) is 54.6 Å². The zero-order chi connectivity index (χ0) is 20.1. The number of hydrogen-bond donors (Lipinski definition) is 0. The average Bonchev–Trinajstić information content (AvgIpc) is 3.22. The van der Waals surface area contributed by atoms with E-state index < -0.39 is 0 Å². The van der Waals surface area contributed by atoms with Crippen LogP contribution in [-0.2, 0) is 12.8 Å². The summed E-state index contributed by atoms with van der Waals surface area (Å²) in [6, 6.07) is 22.9. The van der Waals surface area contributed by atoms with Crippen molar-refractivity contribution in [3.05, 3.63) is 94.5 Å². The molecule has 6 rings (SSSR count). The van der Waals surface area contributed by atoms with Crippen molar-refractivity contribution in [2.45, 2.75) is 25.7 Å². The average molecular weight is 392 g/mol. The van der Waals surface area contributed by atoms with Gasteiger partial charge in [0.05, 0.1) is 6.26 Å². The fraction of sp³-hybridized carbons (Fsp3) is 0.148. The Bertz CT molecular complexity index is 1440. The van der Waals surface area contributed by atoms with Crippen molar-refractivity contribution in [3.63, 3.8) is 0 Å². The van der Waals surface area contributed by atoms with E-state index in [-0.39, 0.29) is 5.63 Å². The molecule has 0 amide bonds. The molecule has 0 fully saturated rings. The van der Waals surface area contributed by atoms with E-state index in [9.17, 15) is 4.79 Å². The molecule has 0 aliphatic heterocycles. The van der Waals surface area contributed by atoms with Crippen LogP contribution in [0, 0.1) is 0 Å². The lowest BCUT2D eigenvalue weighted by Crippen LogP contribution is -2.15. The van der Waals surface area contributed by atoms with Crippen LogP contribution in [0.1, 0.15) is 24.0 Å². The minimum atomic E-state index is -0.195. The third-order valence-corrected chi connectivity index (χ3v) is 6.22. The van der Waals surface area contributed by atoms with Crippen molar-refractivity contribution in [1.82, 2.24) is 0 Å². The van der Waals surface area contributed by atoms with Crippen molar-refractivity contribution >= 4 is 21.9 Å². The van der Waals surface area contributed by atoms with Gasteiger partial charge in [-0.25, -0.2) is 4.79 Å². The van der Waals surface area contributed by atoms with Gasteiger partial charge < -0.3 is 8.83 Å². The molecular formula is C27H20O3. The second-order valence-electron chi connectivity index (χ2n) is 7.99. The van der Waals surface area contributed by atoms with Gasteiger partial charge in [-0.1, -0.05) is 54.6 Å². The maximum absolute atomic E-state index is 12.4. The molecule has 3 heteroatoms. The molecule has 0 bridgehead atoms. The van der Waals surface area contributed by atoms with E-state index in [1.807, 2.05) is 12.1 Å². The molecule has 3 aromatic carbocycles. The summed E-state index contributed by atoms with van der Waals surface area (Å²) >= 11 is 0. The highest BCUT2D eigenvalue weighted by atomic mass is 16.4. The van der Waals surface area contributed by atoms with Gasteiger partial charge in [0.25, 0.3) is 0 Å². The molecule has 146 valence electrons. The van der Waals surface area contributed by atoms with E-state index in [1.165, 1.54) is 11.1 Å². The van der Waals surface area contributed by atoms with Gasteiger partial charge in [-0.2, -0.15) is 0 Å². The number of benzene rings is 3. The smallest absolute Gasteiger partial charge is 0.339 e. The Balaban J connectivity index is 1.50. The number of fused-ring (bicyclic) bond motifs is 4. The largest absolute Gasteiger partial charge is 0.464 e. The first-order valence-electron chi connectivity index (χ1n) is 10.4. The lowest BCUT2D eigenvalue weighted by molar-refractivity contribution is 0.533. The minimum absolute atomic E-state index is 0.195. The molecule has 1 aliphatic rings. The molecule has 0 spiro atoms. The van der Waals surface area contributed by atoms with E-state index in [0.717, 1.165) is 64.3 Å². The van der Waals surface area contributed by atoms with Crippen LogP contribution in [0.4, 0.5) is 0 Å². The van der Waals surface area contributed by atoms with Crippen LogP contribution in [0.15, 0.2) is 86.6 Å². The van der Waals surface area contributed by atoms with Gasteiger partial charge in [0.2, 0.25) is 0 Å². The normalized spacial score (nSPS) is 13.6. The third-order valence-electron chi connectivity index (χ3n) is 6.22. The molecule has 2 aromatic heterocycles. The first-order valence-corrected chi connectivity index (χ1v) is 10.4. The van der Waals surface area contributed by atoms with Gasteiger partial charge in [0, 0.05) is 28.0 Å². The second-order valence-corrected chi connectivity index (χ2v) is 7.99. The fourth-order valence-corrected chi connectivity index (χ4v) is 4.66. The van der Waals surface area contributed by atoms with E-state index in [1.54, 1.807) is 6.26 Å². The predicted molar refractivity (Wildman–Crippen MR) is 120 cm³/mol. The zero-order valence-corrected chi connectivity index (χ0v) is 16.5. The summed E-state index contributed by atoms with van der Waals surface area (Å²) in [7, 11) is 0. The second kappa shape index (κ2) is 6.74. The number of hydrogen-bond acceptors (Lipinski definition) is 3. The summed E-state index contributed by atoms with van der Waals surface area (Å²) < 4.78 is 11.5. The lowest BCUT2D eigenvalue weighted by Gasteiger charge is -2.16. The van der Waals surface area contributed by atoms with E-state index in [0.29, 0.717) is 5.58 Å². The van der Waals surface area contributed by atoms with Gasteiger partial charge in [-0.15, -0.1) is 0 Å².